The van der Waals surface area contributed by atoms with Crippen LogP contribution in [0.4, 0.5) is 0 Å². The lowest BCUT2D eigenvalue weighted by atomic mass is 10.0. The minimum atomic E-state index is -1.09. The molecule has 8 nitrogen and oxygen atoms in total. The van der Waals surface area contributed by atoms with Gasteiger partial charge in [0.05, 0.1) is 5.56 Å². The van der Waals surface area contributed by atoms with Crippen LogP contribution in [0.15, 0.2) is 114 Å². The van der Waals surface area contributed by atoms with Crippen LogP contribution < -0.4 is 15.6 Å². The third-order valence-corrected chi connectivity index (χ3v) is 6.66. The molecule has 1 atom stereocenters. The molecule has 5 aromatic rings. The quantitative estimate of drug-likeness (QED) is 0.191. The molecule has 0 bridgehead atoms. The van der Waals surface area contributed by atoms with E-state index in [9.17, 15) is 19.2 Å². The van der Waals surface area contributed by atoms with Crippen molar-refractivity contribution in [1.82, 2.24) is 10.3 Å². The van der Waals surface area contributed by atoms with E-state index < -0.39 is 23.9 Å². The summed E-state index contributed by atoms with van der Waals surface area (Å²) < 4.78 is 11.0. The van der Waals surface area contributed by atoms with Crippen LogP contribution in [0.3, 0.4) is 0 Å². The molecule has 42 heavy (non-hydrogen) atoms. The maximum absolute atomic E-state index is 13.4. The Morgan fingerprint density at radius 1 is 0.810 bits per heavy atom. The number of para-hydroxylation sites is 2. The first-order valence-electron chi connectivity index (χ1n) is 13.4. The molecular weight excluding hydrogens is 532 g/mol. The first kappa shape index (κ1) is 28.0. The molecule has 1 unspecified atom stereocenters. The van der Waals surface area contributed by atoms with E-state index in [-0.39, 0.29) is 18.6 Å². The Morgan fingerprint density at radius 3 is 2.33 bits per heavy atom. The molecule has 0 radical (unpaired) electrons. The average Bonchev–Trinajstić information content (AvgIpc) is 3.00. The molecule has 1 amide bonds. The van der Waals surface area contributed by atoms with Gasteiger partial charge in [0.1, 0.15) is 18.4 Å². The maximum Gasteiger partial charge on any atom is 0.343 e. The highest BCUT2D eigenvalue weighted by atomic mass is 16.5. The number of amides is 1. The third kappa shape index (κ3) is 6.98. The van der Waals surface area contributed by atoms with Gasteiger partial charge in [-0.15, -0.1) is 0 Å². The number of hydrogen-bond donors (Lipinski definition) is 2. The number of benzene rings is 4. The monoisotopic (exact) mass is 560 g/mol. The Hall–Kier alpha value is -5.50. The second kappa shape index (κ2) is 12.8. The molecule has 0 saturated carbocycles. The number of hydrogen-bond acceptors (Lipinski definition) is 6. The van der Waals surface area contributed by atoms with E-state index in [1.54, 1.807) is 72.8 Å². The predicted octanol–water partition coefficient (Wildman–Crippen LogP) is 5.14. The molecule has 0 saturated heterocycles. The second-order valence-electron chi connectivity index (χ2n) is 9.81. The van der Waals surface area contributed by atoms with Crippen molar-refractivity contribution in [3.8, 4) is 5.75 Å². The molecule has 5 rings (SSSR count). The van der Waals surface area contributed by atoms with Gasteiger partial charge in [-0.2, -0.15) is 0 Å². The van der Waals surface area contributed by atoms with Crippen LogP contribution in [-0.4, -0.2) is 28.9 Å². The Labute approximate surface area is 241 Å². The zero-order valence-electron chi connectivity index (χ0n) is 22.8. The maximum atomic E-state index is 13.4. The lowest BCUT2D eigenvalue weighted by molar-refractivity contribution is -0.147. The number of aromatic nitrogens is 1. The molecule has 1 aromatic heterocycles. The van der Waals surface area contributed by atoms with Crippen molar-refractivity contribution in [2.45, 2.75) is 26.0 Å². The molecule has 0 aliphatic rings. The number of nitrogens with one attached hydrogen (secondary N) is 2. The van der Waals surface area contributed by atoms with Crippen LogP contribution >= 0.6 is 0 Å². The van der Waals surface area contributed by atoms with E-state index in [1.165, 1.54) is 6.07 Å². The van der Waals surface area contributed by atoms with E-state index in [4.69, 9.17) is 9.47 Å². The van der Waals surface area contributed by atoms with Crippen molar-refractivity contribution in [2.24, 2.45) is 0 Å². The molecule has 4 aromatic carbocycles. The second-order valence-corrected chi connectivity index (χ2v) is 9.81. The SMILES string of the molecule is Cc1ccc(C(=O)NC(Cc2cc(=O)[nH]c3ccccc23)C(=O)OCc2cccc(C(=O)Oc3ccccc3)c2)cc1. The van der Waals surface area contributed by atoms with Gasteiger partial charge in [0.25, 0.3) is 5.91 Å². The minimum absolute atomic E-state index is 0.0321. The number of aromatic amines is 1. The summed E-state index contributed by atoms with van der Waals surface area (Å²) in [5.74, 6) is -1.26. The van der Waals surface area contributed by atoms with E-state index in [0.717, 1.165) is 10.9 Å². The van der Waals surface area contributed by atoms with Gasteiger partial charge < -0.3 is 19.8 Å². The van der Waals surface area contributed by atoms with Gasteiger partial charge in [0.2, 0.25) is 5.56 Å². The average molecular weight is 561 g/mol. The number of carbonyl (C=O) groups is 3. The topological polar surface area (TPSA) is 115 Å². The summed E-state index contributed by atoms with van der Waals surface area (Å²) in [6.45, 7) is 1.77. The van der Waals surface area contributed by atoms with E-state index in [1.807, 2.05) is 37.3 Å². The lowest BCUT2D eigenvalue weighted by Gasteiger charge is -2.19. The number of aryl methyl sites for hydroxylation is 1. The van der Waals surface area contributed by atoms with Crippen molar-refractivity contribution in [1.29, 1.82) is 0 Å². The van der Waals surface area contributed by atoms with Gasteiger partial charge >= 0.3 is 11.9 Å². The van der Waals surface area contributed by atoms with Crippen LogP contribution in [0.2, 0.25) is 0 Å². The summed E-state index contributed by atoms with van der Waals surface area (Å²) in [5, 5.41) is 3.53. The van der Waals surface area contributed by atoms with Crippen molar-refractivity contribution >= 4 is 28.7 Å². The lowest BCUT2D eigenvalue weighted by Crippen LogP contribution is -2.43. The number of ether oxygens (including phenoxy) is 2. The molecule has 0 aliphatic carbocycles. The Kier molecular flexibility index (Phi) is 8.53. The van der Waals surface area contributed by atoms with Crippen LogP contribution in [0.1, 0.15) is 37.4 Å². The Morgan fingerprint density at radius 2 is 1.55 bits per heavy atom. The molecule has 1 heterocycles. The van der Waals surface area contributed by atoms with E-state index in [0.29, 0.717) is 33.5 Å². The molecule has 0 aliphatic heterocycles. The first-order valence-corrected chi connectivity index (χ1v) is 13.4. The number of fused-ring (bicyclic) bond motifs is 1. The highest BCUT2D eigenvalue weighted by Gasteiger charge is 2.25. The van der Waals surface area contributed by atoms with E-state index >= 15 is 0 Å². The number of carbonyl (C=O) groups excluding carboxylic acids is 3. The zero-order valence-corrected chi connectivity index (χ0v) is 22.8. The van der Waals surface area contributed by atoms with Gasteiger partial charge in [-0.1, -0.05) is 66.2 Å². The molecule has 0 fully saturated rings. The number of rotatable bonds is 9. The summed E-state index contributed by atoms with van der Waals surface area (Å²) in [7, 11) is 0. The van der Waals surface area contributed by atoms with E-state index in [2.05, 4.69) is 10.3 Å². The number of H-pyrrole nitrogens is 1. The Balaban J connectivity index is 1.34. The van der Waals surface area contributed by atoms with Crippen molar-refractivity contribution in [3.63, 3.8) is 0 Å². The molecule has 8 heteroatoms. The molecule has 210 valence electrons. The standard InChI is InChI=1S/C34H28N2O6/c1-22-14-16-24(17-15-22)32(38)36-30(19-26-20-31(37)35-29-13-6-5-12-28(26)29)34(40)41-21-23-8-7-9-25(18-23)33(39)42-27-10-3-2-4-11-27/h2-18,20,30H,19,21H2,1H3,(H,35,37)(H,36,38). The van der Waals surface area contributed by atoms with Gasteiger partial charge in [-0.3, -0.25) is 9.59 Å². The first-order chi connectivity index (χ1) is 20.4. The van der Waals surface area contributed by atoms with Crippen molar-refractivity contribution < 1.29 is 23.9 Å². The van der Waals surface area contributed by atoms with Crippen molar-refractivity contribution in [3.05, 3.63) is 147 Å². The largest absolute Gasteiger partial charge is 0.459 e. The fourth-order valence-corrected chi connectivity index (χ4v) is 4.50. The van der Waals surface area contributed by atoms with Crippen molar-refractivity contribution in [2.75, 3.05) is 0 Å². The normalized spacial score (nSPS) is 11.5. The highest BCUT2D eigenvalue weighted by Crippen LogP contribution is 2.18. The van der Waals surface area contributed by atoms with Gasteiger partial charge in [-0.05, 0) is 60.5 Å². The van der Waals surface area contributed by atoms with Gasteiger partial charge in [-0.25, -0.2) is 9.59 Å². The highest BCUT2D eigenvalue weighted by molar-refractivity contribution is 5.97. The summed E-state index contributed by atoms with van der Waals surface area (Å²) in [6, 6.07) is 29.8. The number of esters is 2. The number of pyridine rings is 1. The molecule has 2 N–H and O–H groups in total. The summed E-state index contributed by atoms with van der Waals surface area (Å²) in [6.07, 6.45) is 0.0321. The smallest absolute Gasteiger partial charge is 0.343 e. The zero-order chi connectivity index (χ0) is 29.5. The summed E-state index contributed by atoms with van der Waals surface area (Å²) >= 11 is 0. The fourth-order valence-electron chi connectivity index (χ4n) is 4.50. The minimum Gasteiger partial charge on any atom is -0.459 e. The molecular formula is C34H28N2O6. The van der Waals surface area contributed by atoms with Crippen LogP contribution in [0.5, 0.6) is 5.75 Å². The summed E-state index contributed by atoms with van der Waals surface area (Å²) in [4.78, 5) is 54.3. The fraction of sp³-hybridized carbons (Fsp3) is 0.118. The van der Waals surface area contributed by atoms with Crippen LogP contribution in [0, 0.1) is 6.92 Å². The summed E-state index contributed by atoms with van der Waals surface area (Å²) in [5.41, 5.74) is 3.14. The molecule has 0 spiro atoms. The Bertz CT molecular complexity index is 1800. The third-order valence-electron chi connectivity index (χ3n) is 6.66. The predicted molar refractivity (Wildman–Crippen MR) is 158 cm³/mol. The van der Waals surface area contributed by atoms with Crippen LogP contribution in [0.25, 0.3) is 10.9 Å². The van der Waals surface area contributed by atoms with Crippen LogP contribution in [-0.2, 0) is 22.6 Å². The van der Waals surface area contributed by atoms with Gasteiger partial charge in [0, 0.05) is 29.0 Å². The van der Waals surface area contributed by atoms with Gasteiger partial charge in [0.15, 0.2) is 0 Å².